The molecule has 1 aromatic rings. The Balaban J connectivity index is 2.66. The average molecular weight is 248 g/mol. The van der Waals surface area contributed by atoms with Crippen LogP contribution in [0.25, 0.3) is 0 Å². The minimum Gasteiger partial charge on any atom is -0.352 e. The number of nitrogens with one attached hydrogen (secondary N) is 1. The van der Waals surface area contributed by atoms with Crippen molar-refractivity contribution in [3.05, 3.63) is 35.4 Å². The third-order valence-corrected chi connectivity index (χ3v) is 3.40. The van der Waals surface area contributed by atoms with Crippen LogP contribution in [0.4, 0.5) is 0 Å². The van der Waals surface area contributed by atoms with E-state index in [1.165, 1.54) is 0 Å². The molecule has 1 unspecified atom stereocenters. The van der Waals surface area contributed by atoms with Gasteiger partial charge in [0.25, 0.3) is 5.91 Å². The first-order valence-electron chi connectivity index (χ1n) is 6.62. The zero-order chi connectivity index (χ0) is 13.5. The molecule has 1 atom stereocenters. The van der Waals surface area contributed by atoms with Crippen molar-refractivity contribution in [3.8, 4) is 0 Å². The number of benzene rings is 1. The first-order valence-corrected chi connectivity index (χ1v) is 6.62. The van der Waals surface area contributed by atoms with Crippen LogP contribution in [-0.2, 0) is 6.42 Å². The van der Waals surface area contributed by atoms with Gasteiger partial charge in [-0.3, -0.25) is 4.79 Å². The average Bonchev–Trinajstić information content (AvgIpc) is 2.36. The monoisotopic (exact) mass is 248 g/mol. The van der Waals surface area contributed by atoms with Crippen molar-refractivity contribution in [2.45, 2.75) is 27.2 Å². The lowest BCUT2D eigenvalue weighted by molar-refractivity contribution is 0.0944. The van der Waals surface area contributed by atoms with E-state index in [1.54, 1.807) is 0 Å². The Kier molecular flexibility index (Phi) is 5.86. The molecule has 0 bridgehead atoms. The molecule has 1 aromatic carbocycles. The Bertz CT molecular complexity index is 388. The minimum atomic E-state index is 0.00606. The van der Waals surface area contributed by atoms with Gasteiger partial charge in [-0.25, -0.2) is 0 Å². The lowest BCUT2D eigenvalue weighted by Crippen LogP contribution is -2.31. The van der Waals surface area contributed by atoms with Crippen LogP contribution in [0.2, 0.25) is 0 Å². The van der Waals surface area contributed by atoms with Gasteiger partial charge in [0, 0.05) is 12.1 Å². The Morgan fingerprint density at radius 2 is 1.94 bits per heavy atom. The first-order chi connectivity index (χ1) is 8.56. The van der Waals surface area contributed by atoms with Crippen molar-refractivity contribution in [1.82, 2.24) is 5.32 Å². The third kappa shape index (κ3) is 4.15. The molecule has 0 aliphatic heterocycles. The zero-order valence-corrected chi connectivity index (χ0v) is 11.6. The number of hydrogen-bond acceptors (Lipinski definition) is 2. The minimum absolute atomic E-state index is 0.00606. The van der Waals surface area contributed by atoms with Gasteiger partial charge in [-0.2, -0.15) is 0 Å². The molecule has 0 fully saturated rings. The number of amides is 1. The van der Waals surface area contributed by atoms with Gasteiger partial charge in [0.05, 0.1) is 0 Å². The maximum absolute atomic E-state index is 12.1. The molecule has 18 heavy (non-hydrogen) atoms. The van der Waals surface area contributed by atoms with E-state index in [0.29, 0.717) is 24.9 Å². The molecule has 0 heterocycles. The second-order valence-corrected chi connectivity index (χ2v) is 5.13. The summed E-state index contributed by atoms with van der Waals surface area (Å²) in [4.78, 5) is 12.1. The predicted octanol–water partition coefficient (Wildman–Crippen LogP) is 2.21. The number of carbonyl (C=O) groups excluding carboxylic acids is 1. The van der Waals surface area contributed by atoms with E-state index < -0.39 is 0 Å². The Morgan fingerprint density at radius 3 is 2.56 bits per heavy atom. The molecule has 1 rings (SSSR count). The summed E-state index contributed by atoms with van der Waals surface area (Å²) in [5, 5.41) is 3.00. The van der Waals surface area contributed by atoms with E-state index in [9.17, 15) is 4.79 Å². The Morgan fingerprint density at radius 1 is 1.28 bits per heavy atom. The molecule has 0 spiro atoms. The molecule has 100 valence electrons. The molecular formula is C15H24N2O. The van der Waals surface area contributed by atoms with Gasteiger partial charge in [0.15, 0.2) is 0 Å². The second kappa shape index (κ2) is 7.17. The molecule has 0 radical (unpaired) electrons. The van der Waals surface area contributed by atoms with E-state index >= 15 is 0 Å². The van der Waals surface area contributed by atoms with Crippen molar-refractivity contribution in [2.75, 3.05) is 13.1 Å². The predicted molar refractivity (Wildman–Crippen MR) is 75.5 cm³/mol. The van der Waals surface area contributed by atoms with Gasteiger partial charge in [-0.05, 0) is 36.4 Å². The maximum Gasteiger partial charge on any atom is 0.251 e. The molecule has 1 amide bonds. The van der Waals surface area contributed by atoms with Gasteiger partial charge in [-0.1, -0.05) is 39.0 Å². The van der Waals surface area contributed by atoms with Crippen LogP contribution in [-0.4, -0.2) is 19.0 Å². The topological polar surface area (TPSA) is 55.1 Å². The summed E-state index contributed by atoms with van der Waals surface area (Å²) in [6.07, 6.45) is 0.739. The fourth-order valence-corrected chi connectivity index (χ4v) is 1.70. The molecule has 0 aliphatic rings. The van der Waals surface area contributed by atoms with Crippen LogP contribution in [0.3, 0.4) is 0 Å². The van der Waals surface area contributed by atoms with Crippen LogP contribution in [0.5, 0.6) is 0 Å². The van der Waals surface area contributed by atoms with Crippen LogP contribution >= 0.6 is 0 Å². The highest BCUT2D eigenvalue weighted by molar-refractivity contribution is 5.95. The lowest BCUT2D eigenvalue weighted by atomic mass is 9.98. The number of hydrogen-bond donors (Lipinski definition) is 2. The second-order valence-electron chi connectivity index (χ2n) is 5.13. The lowest BCUT2D eigenvalue weighted by Gasteiger charge is -2.17. The fraction of sp³-hybridized carbons (Fsp3) is 0.533. The Labute approximate surface area is 110 Å². The largest absolute Gasteiger partial charge is 0.352 e. The van der Waals surface area contributed by atoms with E-state index in [0.717, 1.165) is 17.5 Å². The van der Waals surface area contributed by atoms with Crippen molar-refractivity contribution in [3.63, 3.8) is 0 Å². The van der Waals surface area contributed by atoms with Gasteiger partial charge < -0.3 is 11.1 Å². The van der Waals surface area contributed by atoms with E-state index in [-0.39, 0.29) is 5.91 Å². The molecule has 0 saturated carbocycles. The van der Waals surface area contributed by atoms with E-state index in [4.69, 9.17) is 5.73 Å². The van der Waals surface area contributed by atoms with Crippen molar-refractivity contribution < 1.29 is 4.79 Å². The first kappa shape index (κ1) is 14.7. The standard InChI is InChI=1S/C15H24N2O/c1-11(2)12(3)10-17-15(18)14-7-5-4-6-13(14)8-9-16/h4-7,11-12H,8-10,16H2,1-3H3,(H,17,18). The molecular weight excluding hydrogens is 224 g/mol. The number of rotatable bonds is 6. The van der Waals surface area contributed by atoms with Gasteiger partial charge in [-0.15, -0.1) is 0 Å². The summed E-state index contributed by atoms with van der Waals surface area (Å²) in [5.41, 5.74) is 7.33. The van der Waals surface area contributed by atoms with E-state index in [1.807, 2.05) is 24.3 Å². The highest BCUT2D eigenvalue weighted by Crippen LogP contribution is 2.11. The zero-order valence-electron chi connectivity index (χ0n) is 11.6. The van der Waals surface area contributed by atoms with Crippen LogP contribution in [0.15, 0.2) is 24.3 Å². The number of carbonyl (C=O) groups is 1. The summed E-state index contributed by atoms with van der Waals surface area (Å²) in [6, 6.07) is 7.66. The van der Waals surface area contributed by atoms with Crippen LogP contribution in [0, 0.1) is 11.8 Å². The maximum atomic E-state index is 12.1. The molecule has 3 N–H and O–H groups in total. The number of nitrogens with two attached hydrogens (primary N) is 1. The van der Waals surface area contributed by atoms with Gasteiger partial charge >= 0.3 is 0 Å². The molecule has 3 nitrogen and oxygen atoms in total. The highest BCUT2D eigenvalue weighted by atomic mass is 16.1. The fourth-order valence-electron chi connectivity index (χ4n) is 1.70. The quantitative estimate of drug-likeness (QED) is 0.811. The normalized spacial score (nSPS) is 12.5. The SMILES string of the molecule is CC(C)C(C)CNC(=O)c1ccccc1CCN. The van der Waals surface area contributed by atoms with Crippen molar-refractivity contribution in [2.24, 2.45) is 17.6 Å². The molecule has 3 heteroatoms. The highest BCUT2D eigenvalue weighted by Gasteiger charge is 2.12. The van der Waals surface area contributed by atoms with Gasteiger partial charge in [0.1, 0.15) is 0 Å². The van der Waals surface area contributed by atoms with E-state index in [2.05, 4.69) is 26.1 Å². The summed E-state index contributed by atoms with van der Waals surface area (Å²) in [5.74, 6) is 1.06. The van der Waals surface area contributed by atoms with Crippen molar-refractivity contribution >= 4 is 5.91 Å². The van der Waals surface area contributed by atoms with Crippen molar-refractivity contribution in [1.29, 1.82) is 0 Å². The molecule has 0 aliphatic carbocycles. The van der Waals surface area contributed by atoms with Crippen LogP contribution < -0.4 is 11.1 Å². The Hall–Kier alpha value is -1.35. The van der Waals surface area contributed by atoms with Gasteiger partial charge in [0.2, 0.25) is 0 Å². The molecule has 0 saturated heterocycles. The third-order valence-electron chi connectivity index (χ3n) is 3.40. The smallest absolute Gasteiger partial charge is 0.251 e. The van der Waals surface area contributed by atoms with Crippen LogP contribution in [0.1, 0.15) is 36.7 Å². The summed E-state index contributed by atoms with van der Waals surface area (Å²) in [7, 11) is 0. The molecule has 0 aromatic heterocycles. The summed E-state index contributed by atoms with van der Waals surface area (Å²) < 4.78 is 0. The summed E-state index contributed by atoms with van der Waals surface area (Å²) >= 11 is 0. The summed E-state index contributed by atoms with van der Waals surface area (Å²) in [6.45, 7) is 7.76.